The largest absolute Gasteiger partial charge is 0.496 e. The van der Waals surface area contributed by atoms with Crippen molar-refractivity contribution in [1.82, 2.24) is 4.90 Å². The van der Waals surface area contributed by atoms with Gasteiger partial charge >= 0.3 is 0 Å². The molecule has 3 aliphatic rings. The zero-order chi connectivity index (χ0) is 22.9. The van der Waals surface area contributed by atoms with E-state index in [2.05, 4.69) is 67.5 Å². The van der Waals surface area contributed by atoms with Gasteiger partial charge in [0.05, 0.1) is 19.8 Å². The molecule has 3 aromatic carbocycles. The van der Waals surface area contributed by atoms with Crippen molar-refractivity contribution >= 4 is 0 Å². The SMILES string of the molecule is COc1cc(-c2ccccc2)c2c(OC)c1C2Oc1ccc2c(c1)CCC(CCN(C)C)C2. The minimum atomic E-state index is -0.176. The number of rotatable bonds is 8. The second kappa shape index (κ2) is 9.11. The van der Waals surface area contributed by atoms with E-state index in [1.165, 1.54) is 30.4 Å². The van der Waals surface area contributed by atoms with Crippen molar-refractivity contribution in [3.63, 3.8) is 0 Å². The van der Waals surface area contributed by atoms with Crippen LogP contribution in [0.3, 0.4) is 0 Å². The summed E-state index contributed by atoms with van der Waals surface area (Å²) in [6.07, 6.45) is 4.65. The third-order valence-electron chi connectivity index (χ3n) is 7.10. The van der Waals surface area contributed by atoms with Crippen LogP contribution in [0, 0.1) is 5.92 Å². The van der Waals surface area contributed by atoms with E-state index in [-0.39, 0.29) is 6.10 Å². The number of benzene rings is 3. The summed E-state index contributed by atoms with van der Waals surface area (Å²) in [7, 11) is 7.74. The van der Waals surface area contributed by atoms with Crippen molar-refractivity contribution in [3.8, 4) is 28.4 Å². The van der Waals surface area contributed by atoms with Gasteiger partial charge in [0.15, 0.2) is 6.10 Å². The highest BCUT2D eigenvalue weighted by Gasteiger charge is 2.41. The molecule has 0 saturated heterocycles. The fourth-order valence-corrected chi connectivity index (χ4v) is 5.31. The topological polar surface area (TPSA) is 30.9 Å². The smallest absolute Gasteiger partial charge is 0.160 e. The quantitative estimate of drug-likeness (QED) is 0.433. The Bertz CT molecular complexity index is 1130. The first-order valence-electron chi connectivity index (χ1n) is 11.9. The summed E-state index contributed by atoms with van der Waals surface area (Å²) in [4.78, 5) is 2.28. The van der Waals surface area contributed by atoms with Crippen LogP contribution < -0.4 is 14.2 Å². The number of nitrogens with zero attached hydrogens (tertiary/aromatic N) is 1. The molecule has 2 bridgehead atoms. The number of hydrogen-bond acceptors (Lipinski definition) is 4. The van der Waals surface area contributed by atoms with E-state index in [4.69, 9.17) is 14.2 Å². The highest BCUT2D eigenvalue weighted by Crippen LogP contribution is 2.57. The summed E-state index contributed by atoms with van der Waals surface area (Å²) < 4.78 is 18.1. The molecule has 0 amide bonds. The summed E-state index contributed by atoms with van der Waals surface area (Å²) in [5, 5.41) is 0. The van der Waals surface area contributed by atoms with E-state index in [1.54, 1.807) is 14.2 Å². The van der Waals surface area contributed by atoms with Crippen LogP contribution in [0.1, 0.15) is 41.2 Å². The maximum Gasteiger partial charge on any atom is 0.160 e. The molecule has 2 atom stereocenters. The first-order valence-corrected chi connectivity index (χ1v) is 11.9. The molecule has 3 aromatic rings. The summed E-state index contributed by atoms with van der Waals surface area (Å²) in [6.45, 7) is 1.16. The van der Waals surface area contributed by atoms with Gasteiger partial charge in [0.2, 0.25) is 0 Å². The van der Waals surface area contributed by atoms with Crippen LogP contribution in [0.15, 0.2) is 54.6 Å². The van der Waals surface area contributed by atoms with Crippen molar-refractivity contribution in [3.05, 3.63) is 76.9 Å². The first kappa shape index (κ1) is 21.8. The zero-order valence-corrected chi connectivity index (χ0v) is 20.1. The van der Waals surface area contributed by atoms with E-state index in [1.807, 2.05) is 6.07 Å². The molecule has 0 heterocycles. The molecule has 0 fully saturated rings. The van der Waals surface area contributed by atoms with E-state index >= 15 is 0 Å². The molecule has 0 spiro atoms. The van der Waals surface area contributed by atoms with Gasteiger partial charge in [-0.1, -0.05) is 36.4 Å². The van der Waals surface area contributed by atoms with Crippen LogP contribution in [0.5, 0.6) is 17.2 Å². The third kappa shape index (κ3) is 4.08. The van der Waals surface area contributed by atoms with Gasteiger partial charge in [-0.2, -0.15) is 0 Å². The predicted octanol–water partition coefficient (Wildman–Crippen LogP) is 5.91. The van der Waals surface area contributed by atoms with Gasteiger partial charge in [-0.15, -0.1) is 0 Å². The molecule has 0 radical (unpaired) electrons. The van der Waals surface area contributed by atoms with Crippen LogP contribution >= 0.6 is 0 Å². The molecule has 0 N–H and O–H groups in total. The van der Waals surface area contributed by atoms with Crippen LogP contribution in [-0.4, -0.2) is 39.8 Å². The number of aryl methyl sites for hydroxylation is 1. The number of fused-ring (bicyclic) bond motifs is 3. The second-order valence-corrected chi connectivity index (χ2v) is 9.48. The normalized spacial score (nSPS) is 18.5. The van der Waals surface area contributed by atoms with Gasteiger partial charge in [0.25, 0.3) is 0 Å². The Morgan fingerprint density at radius 1 is 0.909 bits per heavy atom. The number of ether oxygens (including phenoxy) is 3. The fourth-order valence-electron chi connectivity index (χ4n) is 5.31. The highest BCUT2D eigenvalue weighted by molar-refractivity contribution is 5.81. The molecule has 0 aromatic heterocycles. The van der Waals surface area contributed by atoms with Crippen LogP contribution in [0.25, 0.3) is 11.1 Å². The standard InChI is InChI=1S/C29H33NO3/c1-30(2)15-14-19-10-11-22-17-23(13-12-21(22)16-19)33-29-26-24(20-8-6-5-7-9-20)18-25(31-3)27(29)28(26)32-4/h5-9,12-13,17-19,29H,10-11,14-16H2,1-4H3. The molecule has 0 saturated carbocycles. The van der Waals surface area contributed by atoms with E-state index in [0.717, 1.165) is 58.4 Å². The second-order valence-electron chi connectivity index (χ2n) is 9.48. The average Bonchev–Trinajstić information content (AvgIpc) is 2.85. The fraction of sp³-hybridized carbons (Fsp3) is 0.379. The van der Waals surface area contributed by atoms with E-state index in [9.17, 15) is 0 Å². The minimum Gasteiger partial charge on any atom is -0.496 e. The Kier molecular flexibility index (Phi) is 6.03. The molecule has 6 rings (SSSR count). The van der Waals surface area contributed by atoms with Crippen molar-refractivity contribution in [1.29, 1.82) is 0 Å². The van der Waals surface area contributed by atoms with Gasteiger partial charge in [-0.05, 0) is 92.7 Å². The van der Waals surface area contributed by atoms with Crippen molar-refractivity contribution < 1.29 is 14.2 Å². The average molecular weight is 444 g/mol. The molecular weight excluding hydrogens is 410 g/mol. The van der Waals surface area contributed by atoms with Crippen LogP contribution in [0.2, 0.25) is 0 Å². The van der Waals surface area contributed by atoms with Gasteiger partial charge in [-0.3, -0.25) is 0 Å². The molecule has 0 aliphatic heterocycles. The zero-order valence-electron chi connectivity index (χ0n) is 20.1. The third-order valence-corrected chi connectivity index (χ3v) is 7.10. The molecule has 4 heteroatoms. The lowest BCUT2D eigenvalue weighted by Gasteiger charge is -2.36. The van der Waals surface area contributed by atoms with Gasteiger partial charge < -0.3 is 19.1 Å². The maximum atomic E-state index is 6.58. The van der Waals surface area contributed by atoms with Crippen LogP contribution in [-0.2, 0) is 12.8 Å². The van der Waals surface area contributed by atoms with Crippen molar-refractivity contribution in [2.45, 2.75) is 31.8 Å². The summed E-state index contributed by atoms with van der Waals surface area (Å²) in [5.41, 5.74) is 7.24. The number of hydrogen-bond donors (Lipinski definition) is 0. The maximum absolute atomic E-state index is 6.58. The van der Waals surface area contributed by atoms with Gasteiger partial charge in [-0.25, -0.2) is 0 Å². The molecule has 3 aliphatic carbocycles. The predicted molar refractivity (Wildman–Crippen MR) is 133 cm³/mol. The number of methoxy groups -OCH3 is 2. The Morgan fingerprint density at radius 3 is 2.45 bits per heavy atom. The van der Waals surface area contributed by atoms with Gasteiger partial charge in [0.1, 0.15) is 17.2 Å². The lowest BCUT2D eigenvalue weighted by Crippen LogP contribution is -2.24. The van der Waals surface area contributed by atoms with E-state index in [0.29, 0.717) is 0 Å². The molecule has 2 unspecified atom stereocenters. The monoisotopic (exact) mass is 443 g/mol. The minimum absolute atomic E-state index is 0.176. The first-order chi connectivity index (χ1) is 16.1. The van der Waals surface area contributed by atoms with Gasteiger partial charge in [0, 0.05) is 5.56 Å². The van der Waals surface area contributed by atoms with Crippen molar-refractivity contribution in [2.75, 3.05) is 34.9 Å². The lowest BCUT2D eigenvalue weighted by atomic mass is 9.79. The molecular formula is C29H33NO3. The molecule has 4 nitrogen and oxygen atoms in total. The Hall–Kier alpha value is -2.98. The van der Waals surface area contributed by atoms with Crippen molar-refractivity contribution in [2.24, 2.45) is 5.92 Å². The highest BCUT2D eigenvalue weighted by atomic mass is 16.5. The summed E-state index contributed by atoms with van der Waals surface area (Å²) in [6, 6.07) is 19.1. The Morgan fingerprint density at radius 2 is 1.73 bits per heavy atom. The van der Waals surface area contributed by atoms with E-state index < -0.39 is 0 Å². The Balaban J connectivity index is 1.40. The summed E-state index contributed by atoms with van der Waals surface area (Å²) >= 11 is 0. The molecule has 33 heavy (non-hydrogen) atoms. The Labute approximate surface area is 197 Å². The molecule has 172 valence electrons. The lowest BCUT2D eigenvalue weighted by molar-refractivity contribution is 0.205. The van der Waals surface area contributed by atoms with Crippen LogP contribution in [0.4, 0.5) is 0 Å². The summed E-state index contributed by atoms with van der Waals surface area (Å²) in [5.74, 6) is 3.38.